The first kappa shape index (κ1) is 12.9. The van der Waals surface area contributed by atoms with Crippen LogP contribution in [-0.2, 0) is 9.59 Å². The van der Waals surface area contributed by atoms with Gasteiger partial charge in [0.2, 0.25) is 11.8 Å². The van der Waals surface area contributed by atoms with E-state index >= 15 is 0 Å². The van der Waals surface area contributed by atoms with Crippen molar-refractivity contribution < 1.29 is 9.59 Å². The molecule has 1 aliphatic carbocycles. The molecule has 1 saturated carbocycles. The quantitative estimate of drug-likeness (QED) is 0.463. The van der Waals surface area contributed by atoms with Crippen LogP contribution in [0.1, 0.15) is 19.3 Å². The van der Waals surface area contributed by atoms with Crippen LogP contribution in [0.5, 0.6) is 0 Å². The van der Waals surface area contributed by atoms with Crippen LogP contribution in [0.2, 0.25) is 0 Å². The van der Waals surface area contributed by atoms with Crippen LogP contribution < -0.4 is 17.2 Å². The summed E-state index contributed by atoms with van der Waals surface area (Å²) in [5, 5.41) is 0. The zero-order valence-corrected chi connectivity index (χ0v) is 9.45. The predicted octanol–water partition coefficient (Wildman–Crippen LogP) is -1.61. The number of amides is 2. The lowest BCUT2D eigenvalue weighted by Gasteiger charge is -2.24. The molecule has 2 amide bonds. The Bertz CT molecular complexity index is 260. The van der Waals surface area contributed by atoms with Crippen molar-refractivity contribution in [1.82, 2.24) is 4.90 Å². The highest BCUT2D eigenvalue weighted by atomic mass is 16.2. The Morgan fingerprint density at radius 1 is 1.12 bits per heavy atom. The molecule has 0 aromatic rings. The van der Waals surface area contributed by atoms with Gasteiger partial charge in [-0.05, 0) is 31.2 Å². The van der Waals surface area contributed by atoms with Crippen molar-refractivity contribution in [2.24, 2.45) is 22.6 Å². The molecule has 0 unspecified atom stereocenters. The molecule has 0 atom stereocenters. The standard InChI is InChI=1S/C10H20N4O2/c11-4-3-10(1-2-10)7-14(5-8(12)15)6-9(13)16/h1-7,11H2,(H2,12,15)(H2,13,16). The van der Waals surface area contributed by atoms with Crippen LogP contribution in [0.25, 0.3) is 0 Å². The second kappa shape index (κ2) is 5.27. The summed E-state index contributed by atoms with van der Waals surface area (Å²) in [6, 6.07) is 0. The summed E-state index contributed by atoms with van der Waals surface area (Å²) in [7, 11) is 0. The number of hydrogen-bond acceptors (Lipinski definition) is 4. The van der Waals surface area contributed by atoms with Crippen LogP contribution in [0, 0.1) is 5.41 Å². The van der Waals surface area contributed by atoms with E-state index in [1.54, 1.807) is 4.90 Å². The van der Waals surface area contributed by atoms with Crippen molar-refractivity contribution in [3.8, 4) is 0 Å². The summed E-state index contributed by atoms with van der Waals surface area (Å²) >= 11 is 0. The number of carbonyl (C=O) groups excluding carboxylic acids is 2. The van der Waals surface area contributed by atoms with Gasteiger partial charge < -0.3 is 17.2 Å². The van der Waals surface area contributed by atoms with E-state index in [-0.39, 0.29) is 18.5 Å². The second-order valence-corrected chi connectivity index (χ2v) is 4.62. The van der Waals surface area contributed by atoms with Gasteiger partial charge in [0.05, 0.1) is 13.1 Å². The van der Waals surface area contributed by atoms with Crippen molar-refractivity contribution in [1.29, 1.82) is 0 Å². The van der Waals surface area contributed by atoms with Crippen molar-refractivity contribution in [3.63, 3.8) is 0 Å². The van der Waals surface area contributed by atoms with Crippen LogP contribution in [0.4, 0.5) is 0 Å². The van der Waals surface area contributed by atoms with E-state index in [1.165, 1.54) is 0 Å². The molecule has 0 heterocycles. The number of primary amides is 2. The van der Waals surface area contributed by atoms with Gasteiger partial charge in [0.1, 0.15) is 0 Å². The highest BCUT2D eigenvalue weighted by molar-refractivity contribution is 5.79. The molecule has 6 N–H and O–H groups in total. The fourth-order valence-electron chi connectivity index (χ4n) is 2.05. The van der Waals surface area contributed by atoms with Gasteiger partial charge in [-0.2, -0.15) is 0 Å². The first-order valence-electron chi connectivity index (χ1n) is 5.46. The lowest BCUT2D eigenvalue weighted by molar-refractivity contribution is -0.122. The smallest absolute Gasteiger partial charge is 0.231 e. The molecule has 0 radical (unpaired) electrons. The maximum absolute atomic E-state index is 10.9. The highest BCUT2D eigenvalue weighted by Gasteiger charge is 2.43. The van der Waals surface area contributed by atoms with Gasteiger partial charge in [0.15, 0.2) is 0 Å². The minimum atomic E-state index is -0.440. The van der Waals surface area contributed by atoms with Gasteiger partial charge in [-0.25, -0.2) is 0 Å². The zero-order valence-electron chi connectivity index (χ0n) is 9.45. The molecule has 92 valence electrons. The van der Waals surface area contributed by atoms with E-state index in [2.05, 4.69) is 0 Å². The summed E-state index contributed by atoms with van der Waals surface area (Å²) in [6.45, 7) is 1.46. The third kappa shape index (κ3) is 4.16. The first-order valence-corrected chi connectivity index (χ1v) is 5.46. The van der Waals surface area contributed by atoms with Crippen molar-refractivity contribution >= 4 is 11.8 Å². The molecule has 0 aromatic heterocycles. The normalized spacial score (nSPS) is 17.4. The lowest BCUT2D eigenvalue weighted by Crippen LogP contribution is -2.42. The molecule has 0 aromatic carbocycles. The molecule has 0 spiro atoms. The van der Waals surface area contributed by atoms with E-state index in [0.717, 1.165) is 19.3 Å². The molecule has 1 aliphatic rings. The number of nitrogens with two attached hydrogens (primary N) is 3. The lowest BCUT2D eigenvalue weighted by atomic mass is 10.0. The monoisotopic (exact) mass is 228 g/mol. The topological polar surface area (TPSA) is 115 Å². The van der Waals surface area contributed by atoms with Gasteiger partial charge in [-0.1, -0.05) is 0 Å². The summed E-state index contributed by atoms with van der Waals surface area (Å²) in [5.74, 6) is -0.880. The third-order valence-electron chi connectivity index (χ3n) is 2.95. The van der Waals surface area contributed by atoms with E-state index in [0.29, 0.717) is 13.1 Å². The fourth-order valence-corrected chi connectivity index (χ4v) is 2.05. The average molecular weight is 228 g/mol. The average Bonchev–Trinajstić information content (AvgIpc) is 2.82. The zero-order chi connectivity index (χ0) is 12.2. The molecule has 0 aliphatic heterocycles. The Morgan fingerprint density at radius 3 is 1.94 bits per heavy atom. The molecule has 6 nitrogen and oxygen atoms in total. The summed E-state index contributed by atoms with van der Waals surface area (Å²) in [6.07, 6.45) is 3.11. The van der Waals surface area contributed by atoms with Crippen molar-refractivity contribution in [2.45, 2.75) is 19.3 Å². The minimum Gasteiger partial charge on any atom is -0.369 e. The van der Waals surface area contributed by atoms with Gasteiger partial charge in [0.25, 0.3) is 0 Å². The molecule has 0 bridgehead atoms. The third-order valence-corrected chi connectivity index (χ3v) is 2.95. The van der Waals surface area contributed by atoms with Crippen LogP contribution in [-0.4, -0.2) is 42.9 Å². The van der Waals surface area contributed by atoms with E-state index in [1.807, 2.05) is 0 Å². The SMILES string of the molecule is NCCC1(CN(CC(N)=O)CC(N)=O)CC1. The molecular weight excluding hydrogens is 208 g/mol. The molecular formula is C10H20N4O2. The Balaban J connectivity index is 2.49. The van der Waals surface area contributed by atoms with Crippen LogP contribution in [0.15, 0.2) is 0 Å². The number of nitrogens with zero attached hydrogens (tertiary/aromatic N) is 1. The summed E-state index contributed by atoms with van der Waals surface area (Å²) < 4.78 is 0. The largest absolute Gasteiger partial charge is 0.369 e. The Hall–Kier alpha value is -1.14. The van der Waals surface area contributed by atoms with Crippen molar-refractivity contribution in [2.75, 3.05) is 26.2 Å². The van der Waals surface area contributed by atoms with Crippen LogP contribution in [0.3, 0.4) is 0 Å². The van der Waals surface area contributed by atoms with Gasteiger partial charge in [0, 0.05) is 6.54 Å². The van der Waals surface area contributed by atoms with E-state index in [4.69, 9.17) is 17.2 Å². The van der Waals surface area contributed by atoms with Gasteiger partial charge >= 0.3 is 0 Å². The minimum absolute atomic E-state index is 0.0786. The van der Waals surface area contributed by atoms with Gasteiger partial charge in [-0.15, -0.1) is 0 Å². The highest BCUT2D eigenvalue weighted by Crippen LogP contribution is 2.48. The van der Waals surface area contributed by atoms with E-state index in [9.17, 15) is 9.59 Å². The number of hydrogen-bond donors (Lipinski definition) is 3. The van der Waals surface area contributed by atoms with E-state index < -0.39 is 11.8 Å². The Morgan fingerprint density at radius 2 is 1.62 bits per heavy atom. The second-order valence-electron chi connectivity index (χ2n) is 4.62. The number of carbonyl (C=O) groups is 2. The molecule has 16 heavy (non-hydrogen) atoms. The maximum atomic E-state index is 10.9. The Kier molecular flexibility index (Phi) is 4.26. The summed E-state index contributed by atoms with van der Waals surface area (Å²) in [4.78, 5) is 23.4. The van der Waals surface area contributed by atoms with Crippen molar-refractivity contribution in [3.05, 3.63) is 0 Å². The summed E-state index contributed by atoms with van der Waals surface area (Å²) in [5.41, 5.74) is 16.0. The molecule has 1 rings (SSSR count). The molecule has 6 heteroatoms. The van der Waals surface area contributed by atoms with Gasteiger partial charge in [-0.3, -0.25) is 14.5 Å². The maximum Gasteiger partial charge on any atom is 0.231 e. The first-order chi connectivity index (χ1) is 7.47. The Labute approximate surface area is 95.1 Å². The molecule has 1 fully saturated rings. The molecule has 0 saturated heterocycles. The number of rotatable bonds is 8. The fraction of sp³-hybridized carbons (Fsp3) is 0.800. The predicted molar refractivity (Wildman–Crippen MR) is 60.2 cm³/mol. The van der Waals surface area contributed by atoms with Crippen LogP contribution >= 0.6 is 0 Å².